The molecule has 2 aromatic carbocycles. The molecule has 6 heteroatoms. The van der Waals surface area contributed by atoms with Crippen LogP contribution in [0.3, 0.4) is 0 Å². The van der Waals surface area contributed by atoms with E-state index in [1.54, 1.807) is 18.2 Å². The number of esters is 1. The summed E-state index contributed by atoms with van der Waals surface area (Å²) in [5, 5.41) is 0. The van der Waals surface area contributed by atoms with Gasteiger partial charge in [0.15, 0.2) is 0 Å². The van der Waals surface area contributed by atoms with Gasteiger partial charge in [0, 0.05) is 24.5 Å². The Morgan fingerprint density at radius 1 is 1.19 bits per heavy atom. The second-order valence-electron chi connectivity index (χ2n) is 6.12. The van der Waals surface area contributed by atoms with E-state index >= 15 is 0 Å². The molecule has 0 aromatic heterocycles. The highest BCUT2D eigenvalue weighted by molar-refractivity contribution is 8.00. The van der Waals surface area contributed by atoms with Gasteiger partial charge in [-0.1, -0.05) is 42.5 Å². The molecule has 138 valence electrons. The minimum Gasteiger partial charge on any atom is -0.462 e. The molecule has 1 aliphatic heterocycles. The standard InChI is InChI=1S/C20H22FNO3S/c21-18-8-4-5-9-19(18)26-15-20(23)25-14-17-13-22(10-11-24-17)12-16-6-2-1-3-7-16/h1-9,17H,10-15H2. The summed E-state index contributed by atoms with van der Waals surface area (Å²) in [7, 11) is 0. The number of ether oxygens (including phenoxy) is 2. The summed E-state index contributed by atoms with van der Waals surface area (Å²) in [6, 6.07) is 16.7. The van der Waals surface area contributed by atoms with Crippen molar-refractivity contribution in [2.75, 3.05) is 32.1 Å². The van der Waals surface area contributed by atoms with Gasteiger partial charge in [-0.3, -0.25) is 9.69 Å². The summed E-state index contributed by atoms with van der Waals surface area (Å²) in [6.45, 7) is 3.30. The third kappa shape index (κ3) is 5.83. The maximum atomic E-state index is 13.5. The maximum Gasteiger partial charge on any atom is 0.316 e. The van der Waals surface area contributed by atoms with Crippen LogP contribution < -0.4 is 0 Å². The molecule has 0 saturated carbocycles. The van der Waals surface area contributed by atoms with Crippen LogP contribution in [0.2, 0.25) is 0 Å². The van der Waals surface area contributed by atoms with Crippen molar-refractivity contribution in [3.8, 4) is 0 Å². The van der Waals surface area contributed by atoms with Gasteiger partial charge in [0.05, 0.1) is 12.4 Å². The highest BCUT2D eigenvalue weighted by atomic mass is 32.2. The van der Waals surface area contributed by atoms with Gasteiger partial charge >= 0.3 is 5.97 Å². The molecule has 0 aliphatic carbocycles. The van der Waals surface area contributed by atoms with Gasteiger partial charge in [-0.25, -0.2) is 4.39 Å². The van der Waals surface area contributed by atoms with Crippen LogP contribution in [0.15, 0.2) is 59.5 Å². The zero-order valence-electron chi connectivity index (χ0n) is 14.5. The van der Waals surface area contributed by atoms with Gasteiger partial charge in [0.1, 0.15) is 18.5 Å². The van der Waals surface area contributed by atoms with E-state index < -0.39 is 0 Å². The number of rotatable bonds is 7. The first kappa shape index (κ1) is 18.9. The first-order chi connectivity index (χ1) is 12.7. The Bertz CT molecular complexity index is 713. The quantitative estimate of drug-likeness (QED) is 0.548. The summed E-state index contributed by atoms with van der Waals surface area (Å²) < 4.78 is 24.5. The normalized spacial score (nSPS) is 17.8. The van der Waals surface area contributed by atoms with Crippen LogP contribution in [0.25, 0.3) is 0 Å². The van der Waals surface area contributed by atoms with E-state index in [4.69, 9.17) is 9.47 Å². The molecular weight excluding hydrogens is 353 g/mol. The van der Waals surface area contributed by atoms with Gasteiger partial charge in [-0.2, -0.15) is 0 Å². The molecule has 0 N–H and O–H groups in total. The number of thioether (sulfide) groups is 1. The van der Waals surface area contributed by atoms with Crippen molar-refractivity contribution in [1.29, 1.82) is 0 Å². The predicted octanol–water partition coefficient (Wildman–Crippen LogP) is 3.36. The lowest BCUT2D eigenvalue weighted by atomic mass is 10.2. The molecular formula is C20H22FNO3S. The molecule has 0 amide bonds. The molecule has 2 aromatic rings. The van der Waals surface area contributed by atoms with Gasteiger partial charge in [0.25, 0.3) is 0 Å². The Morgan fingerprint density at radius 2 is 1.96 bits per heavy atom. The number of morpholine rings is 1. The van der Waals surface area contributed by atoms with Crippen molar-refractivity contribution in [1.82, 2.24) is 4.90 Å². The van der Waals surface area contributed by atoms with Crippen molar-refractivity contribution in [3.05, 3.63) is 66.0 Å². The van der Waals surface area contributed by atoms with Crippen molar-refractivity contribution in [2.24, 2.45) is 0 Å². The van der Waals surface area contributed by atoms with Crippen molar-refractivity contribution >= 4 is 17.7 Å². The molecule has 1 heterocycles. The lowest BCUT2D eigenvalue weighted by Crippen LogP contribution is -2.44. The van der Waals surface area contributed by atoms with Gasteiger partial charge in [0.2, 0.25) is 0 Å². The molecule has 0 bridgehead atoms. The van der Waals surface area contributed by atoms with E-state index in [0.29, 0.717) is 11.5 Å². The molecule has 1 fully saturated rings. The van der Waals surface area contributed by atoms with E-state index in [1.165, 1.54) is 11.6 Å². The Kier molecular flexibility index (Phi) is 7.05. The number of carbonyl (C=O) groups excluding carboxylic acids is 1. The highest BCUT2D eigenvalue weighted by Gasteiger charge is 2.22. The van der Waals surface area contributed by atoms with E-state index in [2.05, 4.69) is 17.0 Å². The third-order valence-electron chi connectivity index (χ3n) is 4.08. The number of halogens is 1. The second kappa shape index (κ2) is 9.71. The Labute approximate surface area is 157 Å². The van der Waals surface area contributed by atoms with E-state index in [9.17, 15) is 9.18 Å². The van der Waals surface area contributed by atoms with Gasteiger partial charge in [-0.05, 0) is 17.7 Å². The van der Waals surface area contributed by atoms with Crippen LogP contribution in [0.4, 0.5) is 4.39 Å². The molecule has 1 saturated heterocycles. The average molecular weight is 375 g/mol. The molecule has 26 heavy (non-hydrogen) atoms. The summed E-state index contributed by atoms with van der Waals surface area (Å²) in [5.41, 5.74) is 1.26. The largest absolute Gasteiger partial charge is 0.462 e. The first-order valence-corrected chi connectivity index (χ1v) is 9.60. The van der Waals surface area contributed by atoms with Crippen LogP contribution >= 0.6 is 11.8 Å². The van der Waals surface area contributed by atoms with Crippen molar-refractivity contribution in [3.63, 3.8) is 0 Å². The van der Waals surface area contributed by atoms with E-state index in [0.717, 1.165) is 31.4 Å². The van der Waals surface area contributed by atoms with E-state index in [-0.39, 0.29) is 30.3 Å². The van der Waals surface area contributed by atoms with Crippen LogP contribution in [0.5, 0.6) is 0 Å². The van der Waals surface area contributed by atoms with Crippen LogP contribution in [-0.4, -0.2) is 49.0 Å². The lowest BCUT2D eigenvalue weighted by Gasteiger charge is -2.32. The van der Waals surface area contributed by atoms with Gasteiger partial charge in [-0.15, -0.1) is 11.8 Å². The van der Waals surface area contributed by atoms with Crippen LogP contribution in [0, 0.1) is 5.82 Å². The third-order valence-corrected chi connectivity index (χ3v) is 5.11. The van der Waals surface area contributed by atoms with Gasteiger partial charge < -0.3 is 9.47 Å². The Morgan fingerprint density at radius 3 is 2.77 bits per heavy atom. The highest BCUT2D eigenvalue weighted by Crippen LogP contribution is 2.21. The molecule has 0 spiro atoms. The fraction of sp³-hybridized carbons (Fsp3) is 0.350. The predicted molar refractivity (Wildman–Crippen MR) is 99.5 cm³/mol. The number of hydrogen-bond acceptors (Lipinski definition) is 5. The fourth-order valence-electron chi connectivity index (χ4n) is 2.79. The molecule has 0 radical (unpaired) electrons. The number of carbonyl (C=O) groups is 1. The number of hydrogen-bond donors (Lipinski definition) is 0. The van der Waals surface area contributed by atoms with Crippen LogP contribution in [-0.2, 0) is 20.8 Å². The smallest absolute Gasteiger partial charge is 0.316 e. The zero-order valence-corrected chi connectivity index (χ0v) is 15.3. The topological polar surface area (TPSA) is 38.8 Å². The minimum absolute atomic E-state index is 0.0847. The van der Waals surface area contributed by atoms with Crippen LogP contribution in [0.1, 0.15) is 5.56 Å². The summed E-state index contributed by atoms with van der Waals surface area (Å²) in [4.78, 5) is 14.7. The Balaban J connectivity index is 1.39. The second-order valence-corrected chi connectivity index (χ2v) is 7.13. The average Bonchev–Trinajstić information content (AvgIpc) is 2.67. The number of nitrogens with zero attached hydrogens (tertiary/aromatic N) is 1. The lowest BCUT2D eigenvalue weighted by molar-refractivity contribution is -0.147. The first-order valence-electron chi connectivity index (χ1n) is 8.61. The maximum absolute atomic E-state index is 13.5. The monoisotopic (exact) mass is 375 g/mol. The Hall–Kier alpha value is -1.89. The molecule has 3 rings (SSSR count). The number of benzene rings is 2. The minimum atomic E-state index is -0.359. The molecule has 1 unspecified atom stereocenters. The SMILES string of the molecule is O=C(CSc1ccccc1F)OCC1CN(Cc2ccccc2)CCO1. The summed E-state index contributed by atoms with van der Waals surface area (Å²) in [5.74, 6) is -0.596. The molecule has 1 aliphatic rings. The van der Waals surface area contributed by atoms with Crippen molar-refractivity contribution in [2.45, 2.75) is 17.5 Å². The van der Waals surface area contributed by atoms with Crippen molar-refractivity contribution < 1.29 is 18.7 Å². The summed E-state index contributed by atoms with van der Waals surface area (Å²) in [6.07, 6.45) is -0.130. The molecule has 4 nitrogen and oxygen atoms in total. The fourth-order valence-corrected chi connectivity index (χ4v) is 3.53. The summed E-state index contributed by atoms with van der Waals surface area (Å²) >= 11 is 1.14. The zero-order chi connectivity index (χ0) is 18.2. The molecule has 1 atom stereocenters. The van der Waals surface area contributed by atoms with E-state index in [1.807, 2.05) is 18.2 Å².